The molecule has 5 heteroatoms. The SMILES string of the molecule is CCCC(=O)N(CCC(=O)O)c1c(C)cc(C)cc1Cl. The molecule has 0 spiro atoms. The van der Waals surface area contributed by atoms with Crippen LogP contribution < -0.4 is 4.90 Å². The molecule has 0 aliphatic heterocycles. The van der Waals surface area contributed by atoms with Crippen molar-refractivity contribution in [2.24, 2.45) is 0 Å². The smallest absolute Gasteiger partial charge is 0.305 e. The first-order chi connectivity index (χ1) is 9.36. The van der Waals surface area contributed by atoms with E-state index in [4.69, 9.17) is 16.7 Å². The minimum absolute atomic E-state index is 0.0948. The Hall–Kier alpha value is -1.55. The van der Waals surface area contributed by atoms with E-state index in [-0.39, 0.29) is 18.9 Å². The second-order valence-corrected chi connectivity index (χ2v) is 5.26. The summed E-state index contributed by atoms with van der Waals surface area (Å²) in [6.45, 7) is 5.86. The fourth-order valence-electron chi connectivity index (χ4n) is 2.17. The zero-order chi connectivity index (χ0) is 15.3. The molecule has 0 unspecified atom stereocenters. The van der Waals surface area contributed by atoms with Crippen molar-refractivity contribution in [2.45, 2.75) is 40.0 Å². The van der Waals surface area contributed by atoms with Crippen LogP contribution in [0.1, 0.15) is 37.3 Å². The Bertz CT molecular complexity index is 491. The van der Waals surface area contributed by atoms with E-state index in [1.54, 1.807) is 6.07 Å². The second kappa shape index (κ2) is 7.29. The third-order valence-corrected chi connectivity index (χ3v) is 3.27. The van der Waals surface area contributed by atoms with Gasteiger partial charge in [-0.2, -0.15) is 0 Å². The molecule has 1 rings (SSSR count). The molecule has 0 atom stereocenters. The van der Waals surface area contributed by atoms with Gasteiger partial charge in [-0.15, -0.1) is 0 Å². The lowest BCUT2D eigenvalue weighted by Gasteiger charge is -2.25. The summed E-state index contributed by atoms with van der Waals surface area (Å²) in [7, 11) is 0. The molecule has 0 saturated heterocycles. The summed E-state index contributed by atoms with van der Waals surface area (Å²) in [6.07, 6.45) is 0.993. The number of aliphatic carboxylic acids is 1. The van der Waals surface area contributed by atoms with E-state index in [0.717, 1.165) is 11.1 Å². The summed E-state index contributed by atoms with van der Waals surface area (Å²) in [4.78, 5) is 24.5. The molecule has 1 aromatic carbocycles. The van der Waals surface area contributed by atoms with Crippen LogP contribution in [0.4, 0.5) is 5.69 Å². The van der Waals surface area contributed by atoms with Crippen LogP contribution in [0.25, 0.3) is 0 Å². The highest BCUT2D eigenvalue weighted by atomic mass is 35.5. The standard InChI is InChI=1S/C15H20ClNO3/c1-4-5-13(18)17(7-6-14(19)20)15-11(3)8-10(2)9-12(15)16/h8-9H,4-7H2,1-3H3,(H,19,20). The molecule has 1 amide bonds. The molecule has 0 radical (unpaired) electrons. The van der Waals surface area contributed by atoms with E-state index in [1.807, 2.05) is 26.8 Å². The summed E-state index contributed by atoms with van der Waals surface area (Å²) >= 11 is 6.25. The molecule has 0 saturated carbocycles. The van der Waals surface area contributed by atoms with E-state index >= 15 is 0 Å². The Labute approximate surface area is 124 Å². The minimum Gasteiger partial charge on any atom is -0.481 e. The van der Waals surface area contributed by atoms with Gasteiger partial charge in [0.1, 0.15) is 0 Å². The highest BCUT2D eigenvalue weighted by Crippen LogP contribution is 2.31. The van der Waals surface area contributed by atoms with Gasteiger partial charge in [0.05, 0.1) is 17.1 Å². The number of hydrogen-bond donors (Lipinski definition) is 1. The summed E-state index contributed by atoms with van der Waals surface area (Å²) in [5.41, 5.74) is 2.51. The molecule has 0 fully saturated rings. The lowest BCUT2D eigenvalue weighted by molar-refractivity contribution is -0.136. The van der Waals surface area contributed by atoms with Crippen LogP contribution >= 0.6 is 11.6 Å². The van der Waals surface area contributed by atoms with Crippen LogP contribution in [-0.2, 0) is 9.59 Å². The minimum atomic E-state index is -0.930. The zero-order valence-corrected chi connectivity index (χ0v) is 12.8. The van der Waals surface area contributed by atoms with Gasteiger partial charge in [0.2, 0.25) is 5.91 Å². The normalized spacial score (nSPS) is 10.4. The van der Waals surface area contributed by atoms with Crippen molar-refractivity contribution in [3.8, 4) is 0 Å². The van der Waals surface area contributed by atoms with Crippen LogP contribution in [0.15, 0.2) is 12.1 Å². The first kappa shape index (κ1) is 16.5. The first-order valence-electron chi connectivity index (χ1n) is 6.65. The lowest BCUT2D eigenvalue weighted by Crippen LogP contribution is -2.33. The Morgan fingerprint density at radius 1 is 1.25 bits per heavy atom. The lowest BCUT2D eigenvalue weighted by atomic mass is 10.1. The molecule has 20 heavy (non-hydrogen) atoms. The van der Waals surface area contributed by atoms with Gasteiger partial charge in [0.25, 0.3) is 0 Å². The van der Waals surface area contributed by atoms with Gasteiger partial charge in [0, 0.05) is 13.0 Å². The van der Waals surface area contributed by atoms with Crippen LogP contribution in [0.2, 0.25) is 5.02 Å². The predicted octanol–water partition coefficient (Wildman–Crippen LogP) is 3.56. The van der Waals surface area contributed by atoms with Crippen molar-refractivity contribution >= 4 is 29.2 Å². The monoisotopic (exact) mass is 297 g/mol. The number of rotatable bonds is 6. The van der Waals surface area contributed by atoms with Gasteiger partial charge in [-0.3, -0.25) is 9.59 Å². The van der Waals surface area contributed by atoms with Crippen molar-refractivity contribution in [2.75, 3.05) is 11.4 Å². The molecule has 0 aliphatic rings. The molecule has 0 aromatic heterocycles. The number of aryl methyl sites for hydroxylation is 2. The Morgan fingerprint density at radius 3 is 2.40 bits per heavy atom. The Kier molecular flexibility index (Phi) is 6.02. The van der Waals surface area contributed by atoms with E-state index in [9.17, 15) is 9.59 Å². The number of amides is 1. The van der Waals surface area contributed by atoms with Crippen molar-refractivity contribution in [1.29, 1.82) is 0 Å². The fraction of sp³-hybridized carbons (Fsp3) is 0.467. The molecule has 1 aromatic rings. The Balaban J connectivity index is 3.15. The second-order valence-electron chi connectivity index (χ2n) is 4.85. The number of carbonyl (C=O) groups is 2. The number of anilines is 1. The van der Waals surface area contributed by atoms with Crippen molar-refractivity contribution in [1.82, 2.24) is 0 Å². The van der Waals surface area contributed by atoms with Gasteiger partial charge >= 0.3 is 5.97 Å². The van der Waals surface area contributed by atoms with Gasteiger partial charge in [-0.05, 0) is 37.5 Å². The zero-order valence-electron chi connectivity index (χ0n) is 12.1. The maximum absolute atomic E-state index is 12.2. The fourth-order valence-corrected chi connectivity index (χ4v) is 2.59. The number of hydrogen-bond acceptors (Lipinski definition) is 2. The van der Waals surface area contributed by atoms with Crippen LogP contribution in [0.3, 0.4) is 0 Å². The van der Waals surface area contributed by atoms with E-state index in [0.29, 0.717) is 23.6 Å². The summed E-state index contributed by atoms with van der Waals surface area (Å²) in [5, 5.41) is 9.32. The number of carboxylic acids is 1. The number of carbonyl (C=O) groups excluding carboxylic acids is 1. The van der Waals surface area contributed by atoms with Gasteiger partial charge in [-0.1, -0.05) is 24.6 Å². The summed E-state index contributed by atoms with van der Waals surface area (Å²) < 4.78 is 0. The topological polar surface area (TPSA) is 57.6 Å². The highest BCUT2D eigenvalue weighted by Gasteiger charge is 2.20. The average Bonchev–Trinajstić information content (AvgIpc) is 2.31. The van der Waals surface area contributed by atoms with E-state index in [1.165, 1.54) is 4.90 Å². The third-order valence-electron chi connectivity index (χ3n) is 2.98. The molecule has 0 aliphatic carbocycles. The van der Waals surface area contributed by atoms with Gasteiger partial charge in [0.15, 0.2) is 0 Å². The van der Waals surface area contributed by atoms with Crippen molar-refractivity contribution < 1.29 is 14.7 Å². The first-order valence-corrected chi connectivity index (χ1v) is 7.03. The average molecular weight is 298 g/mol. The molecule has 1 N–H and O–H groups in total. The van der Waals surface area contributed by atoms with E-state index in [2.05, 4.69) is 0 Å². The molecule has 0 bridgehead atoms. The summed E-state index contributed by atoms with van der Waals surface area (Å²) in [6, 6.07) is 3.73. The van der Waals surface area contributed by atoms with Crippen molar-refractivity contribution in [3.63, 3.8) is 0 Å². The maximum atomic E-state index is 12.2. The van der Waals surface area contributed by atoms with Crippen molar-refractivity contribution in [3.05, 3.63) is 28.3 Å². The molecule has 0 heterocycles. The summed E-state index contributed by atoms with van der Waals surface area (Å²) in [5.74, 6) is -1.03. The molecule has 4 nitrogen and oxygen atoms in total. The van der Waals surface area contributed by atoms with Crippen LogP contribution in [0, 0.1) is 13.8 Å². The number of nitrogens with zero attached hydrogens (tertiary/aromatic N) is 1. The molecule has 110 valence electrons. The molecular weight excluding hydrogens is 278 g/mol. The number of carboxylic acid groups (broad SMARTS) is 1. The maximum Gasteiger partial charge on any atom is 0.305 e. The number of halogens is 1. The Morgan fingerprint density at radius 2 is 1.90 bits per heavy atom. The predicted molar refractivity (Wildman–Crippen MR) is 80.4 cm³/mol. The van der Waals surface area contributed by atoms with E-state index < -0.39 is 5.97 Å². The third kappa shape index (κ3) is 4.23. The van der Waals surface area contributed by atoms with Gasteiger partial charge in [-0.25, -0.2) is 0 Å². The molecular formula is C15H20ClNO3. The largest absolute Gasteiger partial charge is 0.481 e. The van der Waals surface area contributed by atoms with Crippen LogP contribution in [0.5, 0.6) is 0 Å². The quantitative estimate of drug-likeness (QED) is 0.873. The highest BCUT2D eigenvalue weighted by molar-refractivity contribution is 6.34. The van der Waals surface area contributed by atoms with Gasteiger partial charge < -0.3 is 10.0 Å². The van der Waals surface area contributed by atoms with Crippen LogP contribution in [-0.4, -0.2) is 23.5 Å². The number of benzene rings is 1.